The number of aromatic nitrogens is 2. The van der Waals surface area contributed by atoms with Crippen LogP contribution in [-0.4, -0.2) is 45.7 Å². The Morgan fingerprint density at radius 3 is 2.61 bits per heavy atom. The molecule has 1 N–H and O–H groups in total. The quantitative estimate of drug-likeness (QED) is 0.546. The van der Waals surface area contributed by atoms with Crippen molar-refractivity contribution in [1.82, 2.24) is 14.9 Å². The number of hydrogen-bond acceptors (Lipinski definition) is 5. The number of esters is 1. The predicted molar refractivity (Wildman–Crippen MR) is 122 cm³/mol. The van der Waals surface area contributed by atoms with Crippen molar-refractivity contribution in [1.29, 1.82) is 0 Å². The van der Waals surface area contributed by atoms with Crippen molar-refractivity contribution in [3.63, 3.8) is 0 Å². The number of carbonyl (C=O) groups excluding carboxylic acids is 2. The van der Waals surface area contributed by atoms with Crippen molar-refractivity contribution < 1.29 is 19.1 Å². The third kappa shape index (κ3) is 6.09. The van der Waals surface area contributed by atoms with Crippen LogP contribution in [-0.2, 0) is 20.7 Å². The van der Waals surface area contributed by atoms with Gasteiger partial charge in [-0.25, -0.2) is 9.78 Å². The summed E-state index contributed by atoms with van der Waals surface area (Å²) >= 11 is 3.46. The molecule has 0 saturated carbocycles. The average Bonchev–Trinajstić information content (AvgIpc) is 3.33. The summed E-state index contributed by atoms with van der Waals surface area (Å²) in [7, 11) is 0. The van der Waals surface area contributed by atoms with Gasteiger partial charge in [-0.05, 0) is 52.7 Å². The molecule has 1 unspecified atom stereocenters. The van der Waals surface area contributed by atoms with E-state index in [2.05, 4.69) is 20.9 Å². The van der Waals surface area contributed by atoms with Crippen LogP contribution in [0.3, 0.4) is 0 Å². The normalized spacial score (nSPS) is 16.4. The molecule has 1 aromatic heterocycles. The van der Waals surface area contributed by atoms with Crippen LogP contribution >= 0.6 is 15.9 Å². The number of nitrogens with one attached hydrogen (secondary N) is 1. The molecule has 0 radical (unpaired) electrons. The van der Waals surface area contributed by atoms with Gasteiger partial charge in [-0.2, -0.15) is 0 Å². The first-order chi connectivity index (χ1) is 14.7. The van der Waals surface area contributed by atoms with E-state index in [4.69, 9.17) is 14.5 Å². The molecule has 0 spiro atoms. The summed E-state index contributed by atoms with van der Waals surface area (Å²) in [6.07, 6.45) is 2.11. The van der Waals surface area contributed by atoms with E-state index >= 15 is 0 Å². The Morgan fingerprint density at radius 1 is 1.26 bits per heavy atom. The molecule has 1 atom stereocenters. The van der Waals surface area contributed by atoms with Crippen LogP contribution in [0.15, 0.2) is 28.7 Å². The van der Waals surface area contributed by atoms with Gasteiger partial charge in [0.05, 0.1) is 24.8 Å². The first-order valence-corrected chi connectivity index (χ1v) is 11.5. The molecule has 31 heavy (non-hydrogen) atoms. The summed E-state index contributed by atoms with van der Waals surface area (Å²) in [5, 5.41) is 0. The van der Waals surface area contributed by atoms with Gasteiger partial charge in [0.25, 0.3) is 0 Å². The Morgan fingerprint density at radius 2 is 1.97 bits per heavy atom. The van der Waals surface area contributed by atoms with Crippen LogP contribution in [0.1, 0.15) is 64.5 Å². The van der Waals surface area contributed by atoms with Crippen LogP contribution < -0.4 is 0 Å². The highest BCUT2D eigenvalue weighted by molar-refractivity contribution is 9.10. The highest BCUT2D eigenvalue weighted by Gasteiger charge is 2.35. The minimum atomic E-state index is -0.555. The molecular formula is C23H30BrN3O4. The second-order valence-corrected chi connectivity index (χ2v) is 9.51. The number of carbonyl (C=O) groups is 2. The number of nitrogens with zero attached hydrogens (tertiary/aromatic N) is 2. The number of H-pyrrole nitrogens is 1. The maximum absolute atomic E-state index is 12.7. The Labute approximate surface area is 191 Å². The lowest BCUT2D eigenvalue weighted by molar-refractivity contribution is -0.143. The Balaban J connectivity index is 1.89. The number of amides is 1. The van der Waals surface area contributed by atoms with Gasteiger partial charge in [-0.3, -0.25) is 9.69 Å². The molecule has 2 aromatic rings. The molecule has 1 fully saturated rings. The molecule has 168 valence electrons. The van der Waals surface area contributed by atoms with Crippen molar-refractivity contribution in [3.8, 4) is 11.3 Å². The van der Waals surface area contributed by atoms with Crippen molar-refractivity contribution >= 4 is 28.0 Å². The van der Waals surface area contributed by atoms with Gasteiger partial charge in [-0.15, -0.1) is 0 Å². The van der Waals surface area contributed by atoms with E-state index in [9.17, 15) is 9.59 Å². The van der Waals surface area contributed by atoms with Crippen LogP contribution in [0.5, 0.6) is 0 Å². The van der Waals surface area contributed by atoms with E-state index in [0.717, 1.165) is 40.1 Å². The van der Waals surface area contributed by atoms with Crippen LogP contribution in [0.2, 0.25) is 0 Å². The van der Waals surface area contributed by atoms with Crippen molar-refractivity contribution in [2.45, 2.75) is 65.0 Å². The van der Waals surface area contributed by atoms with E-state index in [0.29, 0.717) is 19.6 Å². The number of benzene rings is 1. The highest BCUT2D eigenvalue weighted by atomic mass is 79.9. The summed E-state index contributed by atoms with van der Waals surface area (Å²) in [4.78, 5) is 34.7. The molecular weight excluding hydrogens is 462 g/mol. The van der Waals surface area contributed by atoms with Gasteiger partial charge in [0.15, 0.2) is 0 Å². The minimum absolute atomic E-state index is 0.180. The molecule has 0 aliphatic carbocycles. The lowest BCUT2D eigenvalue weighted by Crippen LogP contribution is -2.36. The fraction of sp³-hybridized carbons (Fsp3) is 0.522. The number of likely N-dealkylation sites (tertiary alicyclic amines) is 1. The number of imidazole rings is 1. The number of rotatable bonds is 6. The molecule has 1 saturated heterocycles. The van der Waals surface area contributed by atoms with Crippen LogP contribution in [0.25, 0.3) is 11.3 Å². The van der Waals surface area contributed by atoms with Crippen LogP contribution in [0.4, 0.5) is 4.79 Å². The maximum Gasteiger partial charge on any atom is 0.410 e. The first kappa shape index (κ1) is 23.3. The van der Waals surface area contributed by atoms with E-state index in [1.807, 2.05) is 45.0 Å². The number of aryl methyl sites for hydroxylation is 1. The monoisotopic (exact) mass is 491 g/mol. The molecule has 3 rings (SSSR count). The predicted octanol–water partition coefficient (Wildman–Crippen LogP) is 5.41. The van der Waals surface area contributed by atoms with Crippen molar-refractivity contribution in [2.75, 3.05) is 13.2 Å². The van der Waals surface area contributed by atoms with E-state index in [1.165, 1.54) is 0 Å². The summed E-state index contributed by atoms with van der Waals surface area (Å²) in [5.41, 5.74) is 2.05. The lowest BCUT2D eigenvalue weighted by Gasteiger charge is -2.27. The summed E-state index contributed by atoms with van der Waals surface area (Å²) in [6, 6.07) is 7.71. The van der Waals surface area contributed by atoms with Gasteiger partial charge >= 0.3 is 12.1 Å². The summed E-state index contributed by atoms with van der Waals surface area (Å²) < 4.78 is 11.6. The molecule has 7 nitrogen and oxygen atoms in total. The fourth-order valence-electron chi connectivity index (χ4n) is 3.67. The SMILES string of the molecule is CCOC(=O)CCc1[nH]c(C2CCCN2C(=O)OC(C)(C)C)nc1-c1ccc(Br)cc1. The Kier molecular flexibility index (Phi) is 7.41. The zero-order chi connectivity index (χ0) is 22.6. The minimum Gasteiger partial charge on any atom is -0.466 e. The average molecular weight is 492 g/mol. The molecule has 1 aliphatic heterocycles. The zero-order valence-corrected chi connectivity index (χ0v) is 20.1. The Bertz CT molecular complexity index is 918. The number of halogens is 1. The fourth-order valence-corrected chi connectivity index (χ4v) is 3.93. The summed E-state index contributed by atoms with van der Waals surface area (Å²) in [5.74, 6) is 0.483. The molecule has 0 bridgehead atoms. The molecule has 1 aliphatic rings. The molecule has 8 heteroatoms. The molecule has 2 heterocycles. The highest BCUT2D eigenvalue weighted by Crippen LogP contribution is 2.34. The molecule has 1 amide bonds. The van der Waals surface area contributed by atoms with Crippen LogP contribution in [0, 0.1) is 0 Å². The number of aromatic amines is 1. The third-order valence-corrected chi connectivity index (χ3v) is 5.52. The second kappa shape index (κ2) is 9.85. The topological polar surface area (TPSA) is 84.5 Å². The van der Waals surface area contributed by atoms with Crippen molar-refractivity contribution in [3.05, 3.63) is 40.3 Å². The smallest absolute Gasteiger partial charge is 0.410 e. The largest absolute Gasteiger partial charge is 0.466 e. The first-order valence-electron chi connectivity index (χ1n) is 10.7. The lowest BCUT2D eigenvalue weighted by atomic mass is 10.1. The van der Waals surface area contributed by atoms with E-state index < -0.39 is 5.60 Å². The van der Waals surface area contributed by atoms with Crippen molar-refractivity contribution in [2.24, 2.45) is 0 Å². The van der Waals surface area contributed by atoms with Gasteiger partial charge < -0.3 is 14.5 Å². The van der Waals surface area contributed by atoms with Gasteiger partial charge in [0.2, 0.25) is 0 Å². The standard InChI is InChI=1S/C23H30BrN3O4/c1-5-30-19(28)13-12-17-20(15-8-10-16(24)11-9-15)26-21(25-17)18-7-6-14-27(18)22(29)31-23(2,3)4/h8-11,18H,5-7,12-14H2,1-4H3,(H,25,26). The zero-order valence-electron chi connectivity index (χ0n) is 18.5. The van der Waals surface area contributed by atoms with Gasteiger partial charge in [-0.1, -0.05) is 28.1 Å². The van der Waals surface area contributed by atoms with Gasteiger partial charge in [0, 0.05) is 28.7 Å². The molecule has 1 aromatic carbocycles. The maximum atomic E-state index is 12.7. The summed E-state index contributed by atoms with van der Waals surface area (Å²) in [6.45, 7) is 8.38. The second-order valence-electron chi connectivity index (χ2n) is 8.59. The van der Waals surface area contributed by atoms with Gasteiger partial charge in [0.1, 0.15) is 11.4 Å². The van der Waals surface area contributed by atoms with E-state index in [-0.39, 0.29) is 24.5 Å². The number of hydrogen-bond donors (Lipinski definition) is 1. The number of ether oxygens (including phenoxy) is 2. The third-order valence-electron chi connectivity index (χ3n) is 5.00. The van der Waals surface area contributed by atoms with E-state index in [1.54, 1.807) is 11.8 Å². The Hall–Kier alpha value is -2.35.